The fourth-order valence-electron chi connectivity index (χ4n) is 3.96. The molecule has 7 nitrogen and oxygen atoms in total. The molecule has 0 aliphatic carbocycles. The topological polar surface area (TPSA) is 67.8 Å². The predicted molar refractivity (Wildman–Crippen MR) is 101 cm³/mol. The number of anilines is 2. The Hall–Kier alpha value is -1.44. The Labute approximate surface area is 151 Å². The van der Waals surface area contributed by atoms with Crippen LogP contribution >= 0.6 is 0 Å². The average Bonchev–Trinajstić information content (AvgIpc) is 3.04. The maximum atomic E-state index is 9.86. The number of aryl methyl sites for hydroxylation is 1. The largest absolute Gasteiger partial charge is 0.396 e. The van der Waals surface area contributed by atoms with Crippen molar-refractivity contribution >= 4 is 11.8 Å². The van der Waals surface area contributed by atoms with Gasteiger partial charge < -0.3 is 25.1 Å². The molecule has 140 valence electrons. The minimum Gasteiger partial charge on any atom is -0.396 e. The Morgan fingerprint density at radius 2 is 1.80 bits per heavy atom. The van der Waals surface area contributed by atoms with Crippen LogP contribution < -0.4 is 10.2 Å². The molecule has 2 atom stereocenters. The highest BCUT2D eigenvalue weighted by Crippen LogP contribution is 2.28. The lowest BCUT2D eigenvalue weighted by Crippen LogP contribution is -2.48. The molecule has 7 heteroatoms. The van der Waals surface area contributed by atoms with Gasteiger partial charge in [0.25, 0.3) is 0 Å². The van der Waals surface area contributed by atoms with Gasteiger partial charge in [-0.25, -0.2) is 4.98 Å². The number of aromatic nitrogens is 2. The zero-order valence-electron chi connectivity index (χ0n) is 15.8. The van der Waals surface area contributed by atoms with Crippen LogP contribution in [-0.4, -0.2) is 90.9 Å². The third-order valence-corrected chi connectivity index (χ3v) is 5.60. The third kappa shape index (κ3) is 4.40. The molecule has 25 heavy (non-hydrogen) atoms. The quantitative estimate of drug-likeness (QED) is 0.776. The first-order valence-electron chi connectivity index (χ1n) is 9.46. The van der Waals surface area contributed by atoms with Gasteiger partial charge in [-0.1, -0.05) is 6.92 Å². The third-order valence-electron chi connectivity index (χ3n) is 5.60. The van der Waals surface area contributed by atoms with Crippen molar-refractivity contribution in [2.24, 2.45) is 11.8 Å². The van der Waals surface area contributed by atoms with E-state index in [0.717, 1.165) is 69.8 Å². The van der Waals surface area contributed by atoms with Gasteiger partial charge in [-0.3, -0.25) is 0 Å². The molecule has 3 heterocycles. The van der Waals surface area contributed by atoms with E-state index in [4.69, 9.17) is 0 Å². The first-order valence-corrected chi connectivity index (χ1v) is 9.46. The molecule has 0 unspecified atom stereocenters. The van der Waals surface area contributed by atoms with E-state index in [1.54, 1.807) is 0 Å². The molecular formula is C18H32N6O. The van der Waals surface area contributed by atoms with Crippen LogP contribution in [0.25, 0.3) is 0 Å². The lowest BCUT2D eigenvalue weighted by molar-refractivity contribution is 0.106. The number of rotatable bonds is 6. The first-order chi connectivity index (χ1) is 12.1. The van der Waals surface area contributed by atoms with E-state index >= 15 is 0 Å². The number of nitrogens with one attached hydrogen (secondary N) is 1. The van der Waals surface area contributed by atoms with Gasteiger partial charge in [-0.05, 0) is 19.4 Å². The fourth-order valence-corrected chi connectivity index (χ4v) is 3.96. The highest BCUT2D eigenvalue weighted by atomic mass is 16.3. The lowest BCUT2D eigenvalue weighted by Gasteiger charge is -2.36. The van der Waals surface area contributed by atoms with Crippen molar-refractivity contribution in [1.29, 1.82) is 0 Å². The number of hydrogen-bond donors (Lipinski definition) is 2. The van der Waals surface area contributed by atoms with Gasteiger partial charge in [-0.15, -0.1) is 0 Å². The monoisotopic (exact) mass is 348 g/mol. The Bertz CT molecular complexity index is 560. The predicted octanol–water partition coefficient (Wildman–Crippen LogP) is 0.509. The Morgan fingerprint density at radius 3 is 2.44 bits per heavy atom. The molecule has 2 fully saturated rings. The van der Waals surface area contributed by atoms with Crippen molar-refractivity contribution in [3.8, 4) is 0 Å². The molecule has 2 aliphatic rings. The molecule has 1 aromatic heterocycles. The van der Waals surface area contributed by atoms with Gasteiger partial charge in [0.15, 0.2) is 0 Å². The highest BCUT2D eigenvalue weighted by Gasteiger charge is 2.35. The van der Waals surface area contributed by atoms with Crippen molar-refractivity contribution in [1.82, 2.24) is 19.8 Å². The molecule has 0 bridgehead atoms. The molecule has 2 N–H and O–H groups in total. The molecule has 2 aliphatic heterocycles. The summed E-state index contributed by atoms with van der Waals surface area (Å²) in [5.41, 5.74) is 0.967. The summed E-state index contributed by atoms with van der Waals surface area (Å²) in [6, 6.07) is 1.95. The molecule has 0 saturated carbocycles. The van der Waals surface area contributed by atoms with Gasteiger partial charge in [0.1, 0.15) is 5.82 Å². The van der Waals surface area contributed by atoms with Crippen LogP contribution in [0.4, 0.5) is 11.8 Å². The van der Waals surface area contributed by atoms with E-state index in [1.807, 2.05) is 20.0 Å². The summed E-state index contributed by atoms with van der Waals surface area (Å²) in [5.74, 6) is 2.40. The van der Waals surface area contributed by atoms with E-state index in [1.165, 1.54) is 0 Å². The zero-order chi connectivity index (χ0) is 17.8. The molecule has 0 amide bonds. The van der Waals surface area contributed by atoms with E-state index in [2.05, 4.69) is 36.9 Å². The Balaban J connectivity index is 1.63. The summed E-state index contributed by atoms with van der Waals surface area (Å²) in [5, 5.41) is 13.0. The second kappa shape index (κ2) is 8.29. The highest BCUT2D eigenvalue weighted by molar-refractivity contribution is 5.44. The van der Waals surface area contributed by atoms with Crippen molar-refractivity contribution in [2.45, 2.75) is 13.8 Å². The Kier molecular flexibility index (Phi) is 6.09. The minimum atomic E-state index is 0.237. The molecular weight excluding hydrogens is 316 g/mol. The van der Waals surface area contributed by atoms with Crippen LogP contribution in [0, 0.1) is 18.8 Å². The minimum absolute atomic E-state index is 0.237. The van der Waals surface area contributed by atoms with E-state index in [9.17, 15) is 5.11 Å². The van der Waals surface area contributed by atoms with Crippen LogP contribution in [0.3, 0.4) is 0 Å². The first kappa shape index (κ1) is 18.4. The Morgan fingerprint density at radius 1 is 1.12 bits per heavy atom. The lowest BCUT2D eigenvalue weighted by atomic mass is 9.96. The normalized spacial score (nSPS) is 25.5. The standard InChI is InChI=1S/C18H32N6O/c1-4-22-5-7-23(8-6-22)10-15-11-24(12-16(15)13-25)18-20-14(2)9-17(19-3)21-18/h9,15-16,25H,4-8,10-13H2,1-3H3,(H,19,20,21)/t15-,16-/m0/s1. The smallest absolute Gasteiger partial charge is 0.227 e. The number of piperazine rings is 1. The number of aliphatic hydroxyl groups excluding tert-OH is 1. The van der Waals surface area contributed by atoms with Gasteiger partial charge in [0.2, 0.25) is 5.95 Å². The average molecular weight is 348 g/mol. The maximum absolute atomic E-state index is 9.86. The number of nitrogens with zero attached hydrogens (tertiary/aromatic N) is 5. The maximum Gasteiger partial charge on any atom is 0.227 e. The molecule has 2 saturated heterocycles. The van der Waals surface area contributed by atoms with E-state index < -0.39 is 0 Å². The fraction of sp³-hybridized carbons (Fsp3) is 0.778. The summed E-state index contributed by atoms with van der Waals surface area (Å²) < 4.78 is 0. The van der Waals surface area contributed by atoms with Crippen LogP contribution in [0.15, 0.2) is 6.07 Å². The molecule has 0 aromatic carbocycles. The number of likely N-dealkylation sites (N-methyl/N-ethyl adjacent to an activating group) is 1. The van der Waals surface area contributed by atoms with E-state index in [-0.39, 0.29) is 6.61 Å². The summed E-state index contributed by atoms with van der Waals surface area (Å²) in [4.78, 5) is 16.5. The summed E-state index contributed by atoms with van der Waals surface area (Å²) in [6.07, 6.45) is 0. The van der Waals surface area contributed by atoms with Crippen LogP contribution in [0.1, 0.15) is 12.6 Å². The van der Waals surface area contributed by atoms with Crippen molar-refractivity contribution in [3.63, 3.8) is 0 Å². The van der Waals surface area contributed by atoms with Crippen molar-refractivity contribution in [2.75, 3.05) is 76.2 Å². The van der Waals surface area contributed by atoms with Crippen LogP contribution in [-0.2, 0) is 0 Å². The SMILES string of the molecule is CCN1CCN(C[C@H]2CN(c3nc(C)cc(NC)n3)C[C@H]2CO)CC1. The summed E-state index contributed by atoms with van der Waals surface area (Å²) >= 11 is 0. The van der Waals surface area contributed by atoms with Gasteiger partial charge in [-0.2, -0.15) is 4.98 Å². The summed E-state index contributed by atoms with van der Waals surface area (Å²) in [6.45, 7) is 13.0. The number of hydrogen-bond acceptors (Lipinski definition) is 7. The molecule has 1 aromatic rings. The van der Waals surface area contributed by atoms with Crippen LogP contribution in [0.2, 0.25) is 0 Å². The molecule has 3 rings (SSSR count). The van der Waals surface area contributed by atoms with Crippen LogP contribution in [0.5, 0.6) is 0 Å². The molecule has 0 spiro atoms. The van der Waals surface area contributed by atoms with Crippen molar-refractivity contribution < 1.29 is 5.11 Å². The number of aliphatic hydroxyl groups is 1. The van der Waals surface area contributed by atoms with Gasteiger partial charge in [0.05, 0.1) is 0 Å². The second-order valence-corrected chi connectivity index (χ2v) is 7.29. The second-order valence-electron chi connectivity index (χ2n) is 7.29. The van der Waals surface area contributed by atoms with E-state index in [0.29, 0.717) is 11.8 Å². The van der Waals surface area contributed by atoms with Gasteiger partial charge >= 0.3 is 0 Å². The summed E-state index contributed by atoms with van der Waals surface area (Å²) in [7, 11) is 1.88. The zero-order valence-corrected chi connectivity index (χ0v) is 15.8. The van der Waals surface area contributed by atoms with Crippen molar-refractivity contribution in [3.05, 3.63) is 11.8 Å². The van der Waals surface area contributed by atoms with Gasteiger partial charge in [0, 0.05) is 77.1 Å². The molecule has 0 radical (unpaired) electrons.